The van der Waals surface area contributed by atoms with Crippen LogP contribution in [-0.2, 0) is 27.5 Å². The Morgan fingerprint density at radius 3 is 2.38 bits per heavy atom. The molecule has 4 aromatic carbocycles. The van der Waals surface area contributed by atoms with Crippen molar-refractivity contribution in [2.45, 2.75) is 41.0 Å². The number of fused-ring (bicyclic) bond motifs is 3. The van der Waals surface area contributed by atoms with Crippen molar-refractivity contribution in [3.05, 3.63) is 132 Å². The van der Waals surface area contributed by atoms with E-state index in [1.807, 2.05) is 47.4 Å². The first kappa shape index (κ1) is 30.6. The first-order valence-electron chi connectivity index (χ1n) is 15.1. The Morgan fingerprint density at radius 1 is 0.822 bits per heavy atom. The predicted molar refractivity (Wildman–Crippen MR) is 178 cm³/mol. The fourth-order valence-electron chi connectivity index (χ4n) is 6.24. The van der Waals surface area contributed by atoms with Crippen LogP contribution in [-0.4, -0.2) is 19.3 Å². The summed E-state index contributed by atoms with van der Waals surface area (Å²) < 4.78 is 10.4. The molecule has 5 nitrogen and oxygen atoms in total. The van der Waals surface area contributed by atoms with Crippen molar-refractivity contribution in [3.8, 4) is 34.1 Å². The van der Waals surface area contributed by atoms with Crippen molar-refractivity contribution >= 4 is 21.8 Å². The molecule has 0 atom stereocenters. The van der Waals surface area contributed by atoms with Crippen LogP contribution in [0.15, 0.2) is 97.5 Å². The molecule has 0 amide bonds. The second kappa shape index (κ2) is 12.5. The minimum absolute atomic E-state index is 0. The molecule has 0 fully saturated rings. The molecule has 0 aliphatic rings. The molecule has 3 heterocycles. The molecular formula is C39H34N4OPt. The van der Waals surface area contributed by atoms with Gasteiger partial charge in [0, 0.05) is 35.0 Å². The number of benzene rings is 4. The molecule has 7 aromatic rings. The summed E-state index contributed by atoms with van der Waals surface area (Å²) in [6.07, 6.45) is 6.92. The van der Waals surface area contributed by atoms with Gasteiger partial charge in [-0.2, -0.15) is 17.2 Å². The molecule has 0 unspecified atom stereocenters. The van der Waals surface area contributed by atoms with Gasteiger partial charge in [-0.05, 0) is 90.2 Å². The van der Waals surface area contributed by atoms with E-state index in [2.05, 4.69) is 111 Å². The molecule has 226 valence electrons. The molecular weight excluding hydrogens is 736 g/mol. The summed E-state index contributed by atoms with van der Waals surface area (Å²) in [5.74, 6) is 2.68. The van der Waals surface area contributed by atoms with E-state index >= 15 is 0 Å². The Kier molecular flexibility index (Phi) is 8.48. The van der Waals surface area contributed by atoms with E-state index in [-0.39, 0.29) is 21.1 Å². The standard InChI is InChI=1S/C39H34N4O.Pt/c1-25(2)17-29-19-27(4)39(28(5)20-29)30-23-41-42(24-30)31-9-8-10-32(21-31)44-33-13-14-35-34-11-6-7-12-36(34)43(37(35)22-33)38-18-26(3)15-16-40-38;/h6-16,18-20,23-25H,17H2,1-5H3;/q-2;+2. The summed E-state index contributed by atoms with van der Waals surface area (Å²) in [6, 6.07) is 33.9. The fourth-order valence-corrected chi connectivity index (χ4v) is 6.24. The third-order valence-corrected chi connectivity index (χ3v) is 8.01. The third kappa shape index (κ3) is 5.97. The smallest absolute Gasteiger partial charge is 0.509 e. The minimum atomic E-state index is 0. The molecule has 0 spiro atoms. The second-order valence-corrected chi connectivity index (χ2v) is 12.0. The van der Waals surface area contributed by atoms with Gasteiger partial charge in [-0.1, -0.05) is 49.7 Å². The monoisotopic (exact) mass is 769 g/mol. The number of aromatic nitrogens is 4. The second-order valence-electron chi connectivity index (χ2n) is 12.0. The van der Waals surface area contributed by atoms with Crippen LogP contribution >= 0.6 is 0 Å². The zero-order chi connectivity index (χ0) is 30.4. The van der Waals surface area contributed by atoms with Crippen LogP contribution in [0.25, 0.3) is 44.4 Å². The molecule has 0 bridgehead atoms. The molecule has 45 heavy (non-hydrogen) atoms. The van der Waals surface area contributed by atoms with E-state index in [9.17, 15) is 0 Å². The molecule has 0 aliphatic carbocycles. The van der Waals surface area contributed by atoms with Crippen molar-refractivity contribution in [2.24, 2.45) is 5.92 Å². The summed E-state index contributed by atoms with van der Waals surface area (Å²) in [6.45, 7) is 11.0. The molecule has 0 N–H and O–H groups in total. The Labute approximate surface area is 278 Å². The number of hydrogen-bond acceptors (Lipinski definition) is 3. The van der Waals surface area contributed by atoms with Crippen LogP contribution in [0.4, 0.5) is 0 Å². The molecule has 6 heteroatoms. The van der Waals surface area contributed by atoms with Crippen molar-refractivity contribution in [1.82, 2.24) is 19.3 Å². The maximum atomic E-state index is 6.35. The van der Waals surface area contributed by atoms with Gasteiger partial charge >= 0.3 is 21.1 Å². The summed E-state index contributed by atoms with van der Waals surface area (Å²) in [7, 11) is 0. The predicted octanol–water partition coefficient (Wildman–Crippen LogP) is 9.55. The van der Waals surface area contributed by atoms with Gasteiger partial charge in [-0.15, -0.1) is 35.7 Å². The number of rotatable bonds is 7. The Balaban J connectivity index is 0.00000357. The van der Waals surface area contributed by atoms with Crippen molar-refractivity contribution in [1.29, 1.82) is 0 Å². The van der Waals surface area contributed by atoms with E-state index in [4.69, 9.17) is 9.84 Å². The number of ether oxygens (including phenoxy) is 1. The van der Waals surface area contributed by atoms with Crippen molar-refractivity contribution < 1.29 is 25.8 Å². The van der Waals surface area contributed by atoms with E-state index in [0.717, 1.165) is 50.9 Å². The fraction of sp³-hybridized carbons (Fsp3) is 0.179. The summed E-state index contributed by atoms with van der Waals surface area (Å²) in [5, 5.41) is 6.94. The molecule has 3 aromatic heterocycles. The maximum Gasteiger partial charge on any atom is 2.00 e. The van der Waals surface area contributed by atoms with Gasteiger partial charge in [0.15, 0.2) is 0 Å². The van der Waals surface area contributed by atoms with E-state index < -0.39 is 0 Å². The largest absolute Gasteiger partial charge is 2.00 e. The minimum Gasteiger partial charge on any atom is -0.509 e. The third-order valence-electron chi connectivity index (χ3n) is 8.01. The molecule has 0 saturated carbocycles. The summed E-state index contributed by atoms with van der Waals surface area (Å²) in [5.41, 5.74) is 10.2. The number of nitrogens with zero attached hydrogens (tertiary/aromatic N) is 4. The number of aryl methyl sites for hydroxylation is 3. The van der Waals surface area contributed by atoms with Gasteiger partial charge in [-0.3, -0.25) is 4.68 Å². The average molecular weight is 770 g/mol. The number of para-hydroxylation sites is 1. The Bertz CT molecular complexity index is 2130. The Hall–Kier alpha value is -4.47. The van der Waals surface area contributed by atoms with Crippen LogP contribution < -0.4 is 4.74 Å². The van der Waals surface area contributed by atoms with Crippen LogP contribution in [0.2, 0.25) is 0 Å². The molecule has 0 aliphatic heterocycles. The zero-order valence-corrected chi connectivity index (χ0v) is 28.3. The maximum absolute atomic E-state index is 6.35. The van der Waals surface area contributed by atoms with Gasteiger partial charge in [0.25, 0.3) is 0 Å². The van der Waals surface area contributed by atoms with Gasteiger partial charge < -0.3 is 9.30 Å². The number of hydrogen-bond donors (Lipinski definition) is 0. The number of pyridine rings is 1. The first-order valence-corrected chi connectivity index (χ1v) is 15.1. The average Bonchev–Trinajstić information content (AvgIpc) is 3.60. The van der Waals surface area contributed by atoms with Gasteiger partial charge in [0.05, 0.1) is 6.20 Å². The van der Waals surface area contributed by atoms with Gasteiger partial charge in [-0.25, -0.2) is 4.98 Å². The quantitative estimate of drug-likeness (QED) is 0.152. The topological polar surface area (TPSA) is 44.9 Å². The zero-order valence-electron chi connectivity index (χ0n) is 26.0. The van der Waals surface area contributed by atoms with Crippen molar-refractivity contribution in [3.63, 3.8) is 0 Å². The van der Waals surface area contributed by atoms with Crippen LogP contribution in [0.3, 0.4) is 0 Å². The molecule has 7 rings (SSSR count). The van der Waals surface area contributed by atoms with Gasteiger partial charge in [0.2, 0.25) is 0 Å². The van der Waals surface area contributed by atoms with Crippen LogP contribution in [0.5, 0.6) is 11.5 Å². The van der Waals surface area contributed by atoms with E-state index in [1.165, 1.54) is 22.3 Å². The summed E-state index contributed by atoms with van der Waals surface area (Å²) >= 11 is 0. The van der Waals surface area contributed by atoms with Crippen LogP contribution in [0.1, 0.15) is 36.1 Å². The van der Waals surface area contributed by atoms with E-state index in [0.29, 0.717) is 17.4 Å². The SMILES string of the molecule is Cc1ccnc(-n2c3[c-]c(Oc4[c-]c(-n5cc(-c6c(C)cc(CC(C)C)cc6C)cn5)ccc4)ccc3c3ccccc32)c1.[Pt+2]. The van der Waals surface area contributed by atoms with Crippen molar-refractivity contribution in [2.75, 3.05) is 0 Å². The first-order chi connectivity index (χ1) is 21.3. The normalized spacial score (nSPS) is 11.3. The summed E-state index contributed by atoms with van der Waals surface area (Å²) in [4.78, 5) is 4.68. The van der Waals surface area contributed by atoms with Crippen LogP contribution in [0, 0.1) is 38.8 Å². The molecule has 0 radical (unpaired) electrons. The van der Waals surface area contributed by atoms with Gasteiger partial charge in [0.1, 0.15) is 5.82 Å². The van der Waals surface area contributed by atoms with E-state index in [1.54, 1.807) is 0 Å². The molecule has 0 saturated heterocycles. The Morgan fingerprint density at radius 2 is 1.60 bits per heavy atom.